The molecule has 0 spiro atoms. The van der Waals surface area contributed by atoms with Crippen LogP contribution in [0.3, 0.4) is 0 Å². The van der Waals surface area contributed by atoms with Crippen molar-refractivity contribution in [2.24, 2.45) is 0 Å². The summed E-state index contributed by atoms with van der Waals surface area (Å²) >= 11 is 5.65. The lowest BCUT2D eigenvalue weighted by Gasteiger charge is -2.19. The molecule has 1 aromatic rings. The van der Waals surface area contributed by atoms with Gasteiger partial charge in [0.05, 0.1) is 12.7 Å². The smallest absolute Gasteiger partial charge is 0.420 e. The summed E-state index contributed by atoms with van der Waals surface area (Å²) in [5, 5.41) is 8.98. The van der Waals surface area contributed by atoms with E-state index in [1.807, 2.05) is 0 Å². The molecule has 0 aliphatic rings. The number of halogens is 4. The average molecular weight is 269 g/mol. The highest BCUT2D eigenvalue weighted by molar-refractivity contribution is 6.30. The summed E-state index contributed by atoms with van der Waals surface area (Å²) in [6, 6.07) is 2.19. The molecule has 0 aliphatic carbocycles. The fraction of sp³-hybridized carbons (Fsp3) is 0.455. The van der Waals surface area contributed by atoms with Crippen LogP contribution in [0.2, 0.25) is 5.02 Å². The first-order chi connectivity index (χ1) is 7.81. The molecule has 0 amide bonds. The van der Waals surface area contributed by atoms with E-state index in [0.717, 1.165) is 13.2 Å². The molecule has 0 heterocycles. The Balaban J connectivity index is 3.46. The van der Waals surface area contributed by atoms with Gasteiger partial charge in [0, 0.05) is 23.1 Å². The molecule has 1 N–H and O–H groups in total. The molecule has 0 saturated heterocycles. The summed E-state index contributed by atoms with van der Waals surface area (Å²) in [6.45, 7) is 1.31. The molecule has 6 heteroatoms. The van der Waals surface area contributed by atoms with Crippen molar-refractivity contribution >= 4 is 11.6 Å². The van der Waals surface area contributed by atoms with Crippen molar-refractivity contribution in [1.29, 1.82) is 0 Å². The minimum atomic E-state index is -4.54. The molecule has 0 aliphatic heterocycles. The largest absolute Gasteiger partial charge is 0.496 e. The van der Waals surface area contributed by atoms with Crippen LogP contribution in [0.15, 0.2) is 12.1 Å². The maximum absolute atomic E-state index is 12.8. The van der Waals surface area contributed by atoms with Gasteiger partial charge in [0.1, 0.15) is 5.75 Å². The lowest BCUT2D eigenvalue weighted by atomic mass is 9.98. The van der Waals surface area contributed by atoms with Gasteiger partial charge in [-0.15, -0.1) is 0 Å². The number of aliphatic hydroxyl groups is 1. The summed E-state index contributed by atoms with van der Waals surface area (Å²) in [5.74, 6) is -0.770. The molecule has 0 bridgehead atoms. The topological polar surface area (TPSA) is 29.5 Å². The van der Waals surface area contributed by atoms with Crippen LogP contribution < -0.4 is 4.74 Å². The Labute approximate surface area is 102 Å². The van der Waals surface area contributed by atoms with Crippen LogP contribution in [-0.2, 0) is 6.18 Å². The molecule has 1 atom stereocenters. The van der Waals surface area contributed by atoms with Gasteiger partial charge in [0.25, 0.3) is 0 Å². The van der Waals surface area contributed by atoms with Crippen molar-refractivity contribution in [3.63, 3.8) is 0 Å². The molecule has 0 aromatic heterocycles. The summed E-state index contributed by atoms with van der Waals surface area (Å²) in [5.41, 5.74) is -0.683. The zero-order chi connectivity index (χ0) is 13.2. The van der Waals surface area contributed by atoms with Gasteiger partial charge in [0.15, 0.2) is 0 Å². The van der Waals surface area contributed by atoms with Gasteiger partial charge in [-0.3, -0.25) is 0 Å². The maximum Gasteiger partial charge on any atom is 0.420 e. The Morgan fingerprint density at radius 2 is 2.00 bits per heavy atom. The minimum absolute atomic E-state index is 0.0339. The lowest BCUT2D eigenvalue weighted by Crippen LogP contribution is -2.11. The summed E-state index contributed by atoms with van der Waals surface area (Å²) in [7, 11) is 1.16. The van der Waals surface area contributed by atoms with E-state index < -0.39 is 17.7 Å². The Bertz CT molecular complexity index is 404. The van der Waals surface area contributed by atoms with E-state index >= 15 is 0 Å². The molecular weight excluding hydrogens is 257 g/mol. The Kier molecular flexibility index (Phi) is 4.27. The van der Waals surface area contributed by atoms with Gasteiger partial charge in [-0.2, -0.15) is 13.2 Å². The van der Waals surface area contributed by atoms with Gasteiger partial charge in [0.2, 0.25) is 0 Å². The van der Waals surface area contributed by atoms with E-state index in [9.17, 15) is 13.2 Å². The predicted molar refractivity (Wildman–Crippen MR) is 58.5 cm³/mol. The quantitative estimate of drug-likeness (QED) is 0.910. The molecule has 1 unspecified atom stereocenters. The van der Waals surface area contributed by atoms with Gasteiger partial charge in [-0.25, -0.2) is 0 Å². The van der Waals surface area contributed by atoms with Crippen LogP contribution in [0.25, 0.3) is 0 Å². The first-order valence-electron chi connectivity index (χ1n) is 4.86. The Hall–Kier alpha value is -0.940. The SMILES string of the molecule is COc1c(C(C)CO)cc(Cl)cc1C(F)(F)F. The number of aliphatic hydroxyl groups excluding tert-OH is 1. The first kappa shape index (κ1) is 14.1. The van der Waals surface area contributed by atoms with Crippen LogP contribution in [0.5, 0.6) is 5.75 Å². The number of alkyl halides is 3. The monoisotopic (exact) mass is 268 g/mol. The van der Waals surface area contributed by atoms with E-state index in [1.54, 1.807) is 6.92 Å². The van der Waals surface area contributed by atoms with Gasteiger partial charge < -0.3 is 9.84 Å². The van der Waals surface area contributed by atoms with Crippen LogP contribution in [-0.4, -0.2) is 18.8 Å². The zero-order valence-corrected chi connectivity index (χ0v) is 10.1. The molecule has 17 heavy (non-hydrogen) atoms. The van der Waals surface area contributed by atoms with Crippen molar-refractivity contribution in [3.8, 4) is 5.75 Å². The third kappa shape index (κ3) is 3.04. The standard InChI is InChI=1S/C11H12ClF3O2/c1-6(5-16)8-3-7(12)4-9(10(8)17-2)11(13,14)15/h3-4,6,16H,5H2,1-2H3. The van der Waals surface area contributed by atoms with Gasteiger partial charge >= 0.3 is 6.18 Å². The lowest BCUT2D eigenvalue weighted by molar-refractivity contribution is -0.138. The highest BCUT2D eigenvalue weighted by atomic mass is 35.5. The van der Waals surface area contributed by atoms with Crippen molar-refractivity contribution in [3.05, 3.63) is 28.3 Å². The molecule has 0 saturated carbocycles. The molecule has 0 radical (unpaired) electrons. The summed E-state index contributed by atoms with van der Waals surface area (Å²) in [4.78, 5) is 0. The number of ether oxygens (including phenoxy) is 1. The van der Waals surface area contributed by atoms with Crippen LogP contribution in [0.4, 0.5) is 13.2 Å². The minimum Gasteiger partial charge on any atom is -0.496 e. The highest BCUT2D eigenvalue weighted by Crippen LogP contribution is 2.42. The fourth-order valence-electron chi connectivity index (χ4n) is 1.52. The second kappa shape index (κ2) is 5.14. The molecule has 1 aromatic carbocycles. The average Bonchev–Trinajstić information content (AvgIpc) is 2.25. The van der Waals surface area contributed by atoms with Crippen LogP contribution in [0, 0.1) is 0 Å². The first-order valence-corrected chi connectivity index (χ1v) is 5.24. The third-order valence-corrected chi connectivity index (χ3v) is 2.61. The second-order valence-electron chi connectivity index (χ2n) is 3.66. The van der Waals surface area contributed by atoms with Gasteiger partial charge in [-0.1, -0.05) is 18.5 Å². The van der Waals surface area contributed by atoms with Crippen LogP contribution in [0.1, 0.15) is 24.0 Å². The second-order valence-corrected chi connectivity index (χ2v) is 4.09. The van der Waals surface area contributed by atoms with Crippen molar-refractivity contribution in [2.45, 2.75) is 19.0 Å². The van der Waals surface area contributed by atoms with Crippen molar-refractivity contribution < 1.29 is 23.0 Å². The normalized spacial score (nSPS) is 13.6. The molecule has 0 fully saturated rings. The van der Waals surface area contributed by atoms with E-state index in [1.165, 1.54) is 6.07 Å². The van der Waals surface area contributed by atoms with Crippen LogP contribution >= 0.6 is 11.6 Å². The Morgan fingerprint density at radius 3 is 2.41 bits per heavy atom. The number of benzene rings is 1. The summed E-state index contributed by atoms with van der Waals surface area (Å²) in [6.07, 6.45) is -4.54. The van der Waals surface area contributed by atoms with E-state index in [-0.39, 0.29) is 22.9 Å². The maximum atomic E-state index is 12.8. The molecule has 96 valence electrons. The van der Waals surface area contributed by atoms with Gasteiger partial charge in [-0.05, 0) is 12.1 Å². The third-order valence-electron chi connectivity index (χ3n) is 2.40. The predicted octanol–water partition coefficient (Wildman–Crippen LogP) is 3.46. The van der Waals surface area contributed by atoms with E-state index in [4.69, 9.17) is 21.4 Å². The van der Waals surface area contributed by atoms with Crippen molar-refractivity contribution in [1.82, 2.24) is 0 Å². The summed E-state index contributed by atoms with van der Waals surface area (Å²) < 4.78 is 43.1. The van der Waals surface area contributed by atoms with E-state index in [2.05, 4.69) is 0 Å². The van der Waals surface area contributed by atoms with Crippen molar-refractivity contribution in [2.75, 3.05) is 13.7 Å². The number of hydrogen-bond donors (Lipinski definition) is 1. The Morgan fingerprint density at radius 1 is 1.41 bits per heavy atom. The molecule has 1 rings (SSSR count). The number of methoxy groups -OCH3 is 1. The number of rotatable bonds is 3. The molecular formula is C11H12ClF3O2. The zero-order valence-electron chi connectivity index (χ0n) is 9.31. The highest BCUT2D eigenvalue weighted by Gasteiger charge is 2.36. The van der Waals surface area contributed by atoms with E-state index in [0.29, 0.717) is 0 Å². The molecule has 2 nitrogen and oxygen atoms in total. The number of hydrogen-bond acceptors (Lipinski definition) is 2. The fourth-order valence-corrected chi connectivity index (χ4v) is 1.74.